The van der Waals surface area contributed by atoms with E-state index in [4.69, 9.17) is 4.74 Å². The molecule has 3 heteroatoms. The summed E-state index contributed by atoms with van der Waals surface area (Å²) in [5.74, 6) is -0.0976. The van der Waals surface area contributed by atoms with Crippen molar-refractivity contribution in [3.8, 4) is 0 Å². The first-order valence-corrected chi connectivity index (χ1v) is 7.29. The monoisotopic (exact) mass is 261 g/mol. The summed E-state index contributed by atoms with van der Waals surface area (Å²) in [6.07, 6.45) is 5.34. The molecule has 3 nitrogen and oxygen atoms in total. The molecule has 0 aliphatic carbocycles. The average molecular weight is 261 g/mol. The van der Waals surface area contributed by atoms with E-state index in [2.05, 4.69) is 24.4 Å². The highest BCUT2D eigenvalue weighted by molar-refractivity contribution is 5.75. The van der Waals surface area contributed by atoms with E-state index in [9.17, 15) is 4.79 Å². The van der Waals surface area contributed by atoms with E-state index >= 15 is 0 Å². The number of carbonyl (C=O) groups excluding carboxylic acids is 1. The van der Waals surface area contributed by atoms with Crippen LogP contribution in [0.1, 0.15) is 38.2 Å². The molecule has 0 radical (unpaired) electrons. The van der Waals surface area contributed by atoms with Crippen LogP contribution in [0.25, 0.3) is 0 Å². The zero-order valence-corrected chi connectivity index (χ0v) is 11.7. The van der Waals surface area contributed by atoms with Crippen LogP contribution in [-0.2, 0) is 16.0 Å². The number of rotatable bonds is 6. The van der Waals surface area contributed by atoms with Gasteiger partial charge in [-0.25, -0.2) is 0 Å². The van der Waals surface area contributed by atoms with Crippen molar-refractivity contribution in [3.63, 3.8) is 0 Å². The minimum absolute atomic E-state index is 0.0407. The summed E-state index contributed by atoms with van der Waals surface area (Å²) in [7, 11) is 0. The lowest BCUT2D eigenvalue weighted by Crippen LogP contribution is -2.31. The highest BCUT2D eigenvalue weighted by atomic mass is 16.5. The third-order valence-electron chi connectivity index (χ3n) is 3.60. The number of hydrogen-bond acceptors (Lipinski definition) is 3. The maximum atomic E-state index is 12.0. The van der Waals surface area contributed by atoms with Crippen molar-refractivity contribution in [2.45, 2.75) is 39.0 Å². The third kappa shape index (κ3) is 3.98. The maximum Gasteiger partial charge on any atom is 0.311 e. The second kappa shape index (κ2) is 7.17. The number of hydrogen-bond donors (Lipinski definition) is 1. The maximum absolute atomic E-state index is 12.0. The van der Waals surface area contributed by atoms with E-state index in [0.717, 1.165) is 24.9 Å². The van der Waals surface area contributed by atoms with Crippen molar-refractivity contribution < 1.29 is 9.53 Å². The lowest BCUT2D eigenvalue weighted by Gasteiger charge is -2.24. The first kappa shape index (κ1) is 13.9. The minimum atomic E-state index is -0.0569. The average Bonchev–Trinajstić information content (AvgIpc) is 2.46. The predicted octanol–water partition coefficient (Wildman–Crippen LogP) is 3.39. The van der Waals surface area contributed by atoms with E-state index in [1.807, 2.05) is 12.1 Å². The normalized spacial score (nSPS) is 17.4. The van der Waals surface area contributed by atoms with Crippen molar-refractivity contribution in [3.05, 3.63) is 29.8 Å². The SMILES string of the molecule is CCCCCCOC(=O)C1CNc2ccccc2C1. The summed E-state index contributed by atoms with van der Waals surface area (Å²) in [5.41, 5.74) is 2.36. The number of carbonyl (C=O) groups is 1. The summed E-state index contributed by atoms with van der Waals surface area (Å²) < 4.78 is 5.36. The van der Waals surface area contributed by atoms with Crippen molar-refractivity contribution >= 4 is 11.7 Å². The third-order valence-corrected chi connectivity index (χ3v) is 3.60. The standard InChI is InChI=1S/C16H23NO2/c1-2-3-4-7-10-19-16(18)14-11-13-8-5-6-9-15(13)17-12-14/h5-6,8-9,14,17H,2-4,7,10-12H2,1H3. The Morgan fingerprint density at radius 2 is 2.16 bits per heavy atom. The van der Waals surface area contributed by atoms with Crippen LogP contribution in [0.4, 0.5) is 5.69 Å². The Bertz CT molecular complexity index is 417. The molecule has 0 aromatic heterocycles. The molecule has 0 amide bonds. The van der Waals surface area contributed by atoms with Crippen LogP contribution in [0, 0.1) is 5.92 Å². The second-order valence-corrected chi connectivity index (χ2v) is 5.17. The Labute approximate surface area is 115 Å². The number of esters is 1. The molecule has 0 bridgehead atoms. The van der Waals surface area contributed by atoms with Gasteiger partial charge in [0.25, 0.3) is 0 Å². The number of anilines is 1. The zero-order chi connectivity index (χ0) is 13.5. The van der Waals surface area contributed by atoms with Gasteiger partial charge in [0, 0.05) is 12.2 Å². The smallest absolute Gasteiger partial charge is 0.311 e. The van der Waals surface area contributed by atoms with Gasteiger partial charge in [0.05, 0.1) is 12.5 Å². The summed E-state index contributed by atoms with van der Waals surface area (Å²) in [6, 6.07) is 8.15. The number of benzene rings is 1. The van der Waals surface area contributed by atoms with Gasteiger partial charge in [0.2, 0.25) is 0 Å². The number of fused-ring (bicyclic) bond motifs is 1. The molecule has 0 saturated carbocycles. The molecule has 0 saturated heterocycles. The quantitative estimate of drug-likeness (QED) is 0.630. The molecule has 19 heavy (non-hydrogen) atoms. The predicted molar refractivity (Wildman–Crippen MR) is 77.2 cm³/mol. The minimum Gasteiger partial charge on any atom is -0.465 e. The van der Waals surface area contributed by atoms with Crippen LogP contribution in [0.5, 0.6) is 0 Å². The van der Waals surface area contributed by atoms with Gasteiger partial charge in [-0.2, -0.15) is 0 Å². The van der Waals surface area contributed by atoms with E-state index in [-0.39, 0.29) is 11.9 Å². The summed E-state index contributed by atoms with van der Waals surface area (Å²) in [6.45, 7) is 3.43. The van der Waals surface area contributed by atoms with Gasteiger partial charge in [-0.05, 0) is 24.5 Å². The highest BCUT2D eigenvalue weighted by Crippen LogP contribution is 2.24. The molecule has 1 unspecified atom stereocenters. The number of para-hydroxylation sites is 1. The Morgan fingerprint density at radius 3 is 3.00 bits per heavy atom. The van der Waals surface area contributed by atoms with Gasteiger partial charge in [-0.1, -0.05) is 44.4 Å². The molecule has 2 rings (SSSR count). The van der Waals surface area contributed by atoms with Crippen LogP contribution >= 0.6 is 0 Å². The van der Waals surface area contributed by atoms with Crippen LogP contribution in [0.2, 0.25) is 0 Å². The molecule has 1 aliphatic heterocycles. The molecule has 0 spiro atoms. The van der Waals surface area contributed by atoms with Gasteiger partial charge in [-0.15, -0.1) is 0 Å². The van der Waals surface area contributed by atoms with Crippen molar-refractivity contribution in [1.29, 1.82) is 0 Å². The molecule has 1 aliphatic rings. The fourth-order valence-corrected chi connectivity index (χ4v) is 2.43. The van der Waals surface area contributed by atoms with Gasteiger partial charge in [-0.3, -0.25) is 4.79 Å². The number of nitrogens with one attached hydrogen (secondary N) is 1. The zero-order valence-electron chi connectivity index (χ0n) is 11.7. The Hall–Kier alpha value is -1.51. The first-order chi connectivity index (χ1) is 9.31. The van der Waals surface area contributed by atoms with Crippen LogP contribution in [0.3, 0.4) is 0 Å². The molecular formula is C16H23NO2. The summed E-state index contributed by atoms with van der Waals surface area (Å²) in [5, 5.41) is 3.30. The number of ether oxygens (including phenoxy) is 1. The van der Waals surface area contributed by atoms with Crippen LogP contribution in [0.15, 0.2) is 24.3 Å². The van der Waals surface area contributed by atoms with Crippen LogP contribution in [-0.4, -0.2) is 19.1 Å². The fourth-order valence-electron chi connectivity index (χ4n) is 2.43. The molecule has 1 N–H and O–H groups in total. The van der Waals surface area contributed by atoms with Gasteiger partial charge < -0.3 is 10.1 Å². The molecule has 1 aromatic carbocycles. The van der Waals surface area contributed by atoms with Crippen molar-refractivity contribution in [2.24, 2.45) is 5.92 Å². The molecule has 104 valence electrons. The van der Waals surface area contributed by atoms with Gasteiger partial charge in [0.15, 0.2) is 0 Å². The Kier molecular flexibility index (Phi) is 5.25. The lowest BCUT2D eigenvalue weighted by molar-refractivity contribution is -0.148. The molecule has 1 aromatic rings. The largest absolute Gasteiger partial charge is 0.465 e. The second-order valence-electron chi connectivity index (χ2n) is 5.17. The van der Waals surface area contributed by atoms with Crippen molar-refractivity contribution in [2.75, 3.05) is 18.5 Å². The van der Waals surface area contributed by atoms with Crippen LogP contribution < -0.4 is 5.32 Å². The molecule has 1 heterocycles. The Morgan fingerprint density at radius 1 is 1.32 bits per heavy atom. The molecule has 1 atom stereocenters. The van der Waals surface area contributed by atoms with E-state index in [1.165, 1.54) is 18.4 Å². The summed E-state index contributed by atoms with van der Waals surface area (Å²) in [4.78, 5) is 12.0. The topological polar surface area (TPSA) is 38.3 Å². The van der Waals surface area contributed by atoms with Crippen molar-refractivity contribution in [1.82, 2.24) is 0 Å². The molecule has 0 fully saturated rings. The number of unbranched alkanes of at least 4 members (excludes halogenated alkanes) is 3. The van der Waals surface area contributed by atoms with Gasteiger partial charge in [0.1, 0.15) is 0 Å². The molecular weight excluding hydrogens is 238 g/mol. The van der Waals surface area contributed by atoms with E-state index in [0.29, 0.717) is 13.2 Å². The lowest BCUT2D eigenvalue weighted by atomic mass is 9.94. The van der Waals surface area contributed by atoms with E-state index in [1.54, 1.807) is 0 Å². The Balaban J connectivity index is 1.76. The summed E-state index contributed by atoms with van der Waals surface area (Å²) >= 11 is 0. The first-order valence-electron chi connectivity index (χ1n) is 7.29. The highest BCUT2D eigenvalue weighted by Gasteiger charge is 2.25. The van der Waals surface area contributed by atoms with E-state index < -0.39 is 0 Å². The van der Waals surface area contributed by atoms with Gasteiger partial charge >= 0.3 is 5.97 Å². The fraction of sp³-hybridized carbons (Fsp3) is 0.562.